The summed E-state index contributed by atoms with van der Waals surface area (Å²) in [6, 6.07) is 1.22. The lowest BCUT2D eigenvalue weighted by Crippen LogP contribution is -2.09. The summed E-state index contributed by atoms with van der Waals surface area (Å²) in [6.07, 6.45) is 10.1. The fourth-order valence-corrected chi connectivity index (χ4v) is 1.31. The highest BCUT2D eigenvalue weighted by Crippen LogP contribution is 2.13. The molecule has 0 fully saturated rings. The SMILES string of the molecule is CCCCCC[C](N)CCCC. The number of unbranched alkanes of at least 4 members (excludes halogenated alkanes) is 4. The maximum Gasteiger partial charge on any atom is 0.0336 e. The van der Waals surface area contributed by atoms with Crippen molar-refractivity contribution in [2.24, 2.45) is 5.73 Å². The van der Waals surface area contributed by atoms with E-state index in [-0.39, 0.29) is 0 Å². The Morgan fingerprint density at radius 2 is 1.42 bits per heavy atom. The molecule has 0 bridgehead atoms. The van der Waals surface area contributed by atoms with Gasteiger partial charge < -0.3 is 5.73 Å². The zero-order valence-corrected chi connectivity index (χ0v) is 8.73. The summed E-state index contributed by atoms with van der Waals surface area (Å²) in [5.41, 5.74) is 5.86. The van der Waals surface area contributed by atoms with Crippen molar-refractivity contribution >= 4 is 0 Å². The van der Waals surface area contributed by atoms with E-state index in [1.165, 1.54) is 44.6 Å². The standard InChI is InChI=1S/C11H24N/c1-3-5-7-8-10-11(12)9-6-4-2/h3-10,12H2,1-2H3. The molecule has 1 nitrogen and oxygen atoms in total. The molecule has 2 N–H and O–H groups in total. The topological polar surface area (TPSA) is 26.0 Å². The molecular weight excluding hydrogens is 146 g/mol. The fraction of sp³-hybridized carbons (Fsp3) is 0.909. The summed E-state index contributed by atoms with van der Waals surface area (Å²) in [6.45, 7) is 4.45. The molecule has 1 heteroatoms. The van der Waals surface area contributed by atoms with Gasteiger partial charge in [0, 0.05) is 6.04 Å². The molecule has 0 saturated heterocycles. The third-order valence-electron chi connectivity index (χ3n) is 2.20. The van der Waals surface area contributed by atoms with Gasteiger partial charge in [0.05, 0.1) is 0 Å². The Bertz CT molecular complexity index is 81.1. The molecule has 0 unspecified atom stereocenters. The first-order valence-corrected chi connectivity index (χ1v) is 5.41. The lowest BCUT2D eigenvalue weighted by atomic mass is 10.0. The molecule has 0 aromatic rings. The van der Waals surface area contributed by atoms with Crippen LogP contribution in [0, 0.1) is 6.04 Å². The molecule has 0 aliphatic rings. The minimum Gasteiger partial charge on any atom is -0.324 e. The molecule has 73 valence electrons. The Hall–Kier alpha value is -0.0400. The van der Waals surface area contributed by atoms with Crippen molar-refractivity contribution in [2.75, 3.05) is 0 Å². The van der Waals surface area contributed by atoms with Crippen molar-refractivity contribution in [3.05, 3.63) is 6.04 Å². The van der Waals surface area contributed by atoms with Gasteiger partial charge >= 0.3 is 0 Å². The van der Waals surface area contributed by atoms with E-state index >= 15 is 0 Å². The van der Waals surface area contributed by atoms with E-state index in [0.29, 0.717) is 0 Å². The van der Waals surface area contributed by atoms with E-state index in [1.54, 1.807) is 0 Å². The Kier molecular flexibility index (Phi) is 9.02. The van der Waals surface area contributed by atoms with Gasteiger partial charge in [0.2, 0.25) is 0 Å². The zero-order chi connectivity index (χ0) is 9.23. The summed E-state index contributed by atoms with van der Waals surface area (Å²) in [5.74, 6) is 0. The van der Waals surface area contributed by atoms with Crippen LogP contribution in [0.5, 0.6) is 0 Å². The molecule has 0 rings (SSSR count). The van der Waals surface area contributed by atoms with Crippen LogP contribution in [-0.2, 0) is 0 Å². The monoisotopic (exact) mass is 170 g/mol. The maximum atomic E-state index is 5.86. The van der Waals surface area contributed by atoms with Crippen molar-refractivity contribution in [1.82, 2.24) is 0 Å². The highest BCUT2D eigenvalue weighted by atomic mass is 14.6. The van der Waals surface area contributed by atoms with Crippen LogP contribution in [0.15, 0.2) is 0 Å². The van der Waals surface area contributed by atoms with Crippen molar-refractivity contribution in [2.45, 2.75) is 65.2 Å². The van der Waals surface area contributed by atoms with Crippen LogP contribution in [-0.4, -0.2) is 0 Å². The van der Waals surface area contributed by atoms with Gasteiger partial charge in [-0.3, -0.25) is 0 Å². The highest BCUT2D eigenvalue weighted by Gasteiger charge is 2.01. The first-order chi connectivity index (χ1) is 5.81. The minimum absolute atomic E-state index is 1.14. The molecule has 0 atom stereocenters. The second-order valence-corrected chi connectivity index (χ2v) is 3.57. The van der Waals surface area contributed by atoms with Crippen LogP contribution in [0.4, 0.5) is 0 Å². The van der Waals surface area contributed by atoms with Gasteiger partial charge in [-0.25, -0.2) is 0 Å². The van der Waals surface area contributed by atoms with Crippen molar-refractivity contribution < 1.29 is 0 Å². The largest absolute Gasteiger partial charge is 0.324 e. The van der Waals surface area contributed by atoms with E-state index in [2.05, 4.69) is 13.8 Å². The lowest BCUT2D eigenvalue weighted by molar-refractivity contribution is 0.592. The van der Waals surface area contributed by atoms with Gasteiger partial charge in [0.25, 0.3) is 0 Å². The molecular formula is C11H24N. The summed E-state index contributed by atoms with van der Waals surface area (Å²) in [7, 11) is 0. The highest BCUT2D eigenvalue weighted by molar-refractivity contribution is 4.80. The minimum atomic E-state index is 1.14. The smallest absolute Gasteiger partial charge is 0.0336 e. The summed E-state index contributed by atoms with van der Waals surface area (Å²) >= 11 is 0. The van der Waals surface area contributed by atoms with Gasteiger partial charge in [-0.05, 0) is 12.8 Å². The van der Waals surface area contributed by atoms with Crippen LogP contribution in [0.25, 0.3) is 0 Å². The lowest BCUT2D eigenvalue weighted by Gasteiger charge is -2.08. The van der Waals surface area contributed by atoms with Gasteiger partial charge in [0.15, 0.2) is 0 Å². The van der Waals surface area contributed by atoms with Gasteiger partial charge in [-0.15, -0.1) is 0 Å². The fourth-order valence-electron chi connectivity index (χ4n) is 1.31. The second-order valence-electron chi connectivity index (χ2n) is 3.57. The Morgan fingerprint density at radius 1 is 0.833 bits per heavy atom. The zero-order valence-electron chi connectivity index (χ0n) is 8.73. The van der Waals surface area contributed by atoms with Gasteiger partial charge in [-0.1, -0.05) is 52.4 Å². The normalized spacial score (nSPS) is 11.0. The molecule has 0 aliphatic carbocycles. The molecule has 1 radical (unpaired) electrons. The first-order valence-electron chi connectivity index (χ1n) is 5.41. The molecule has 0 aromatic heterocycles. The molecule has 0 aromatic carbocycles. The van der Waals surface area contributed by atoms with Crippen LogP contribution in [0.1, 0.15) is 65.2 Å². The van der Waals surface area contributed by atoms with E-state index in [0.717, 1.165) is 12.8 Å². The Morgan fingerprint density at radius 3 is 2.00 bits per heavy atom. The molecule has 0 spiro atoms. The van der Waals surface area contributed by atoms with Crippen molar-refractivity contribution in [3.63, 3.8) is 0 Å². The quantitative estimate of drug-likeness (QED) is 0.553. The number of rotatable bonds is 8. The van der Waals surface area contributed by atoms with Crippen LogP contribution < -0.4 is 5.73 Å². The molecule has 0 saturated carbocycles. The van der Waals surface area contributed by atoms with E-state index in [4.69, 9.17) is 5.73 Å². The van der Waals surface area contributed by atoms with E-state index in [9.17, 15) is 0 Å². The van der Waals surface area contributed by atoms with Crippen LogP contribution in [0.2, 0.25) is 0 Å². The maximum absolute atomic E-state index is 5.86. The summed E-state index contributed by atoms with van der Waals surface area (Å²) < 4.78 is 0. The second kappa shape index (κ2) is 9.05. The van der Waals surface area contributed by atoms with Gasteiger partial charge in [0.1, 0.15) is 0 Å². The average Bonchev–Trinajstić information content (AvgIpc) is 2.09. The van der Waals surface area contributed by atoms with Crippen molar-refractivity contribution in [1.29, 1.82) is 0 Å². The van der Waals surface area contributed by atoms with Crippen LogP contribution >= 0.6 is 0 Å². The Balaban J connectivity index is 3.02. The van der Waals surface area contributed by atoms with Gasteiger partial charge in [-0.2, -0.15) is 0 Å². The van der Waals surface area contributed by atoms with Crippen LogP contribution in [0.3, 0.4) is 0 Å². The number of hydrogen-bond acceptors (Lipinski definition) is 1. The molecule has 0 amide bonds. The predicted octanol–water partition coefficient (Wildman–Crippen LogP) is 3.64. The summed E-state index contributed by atoms with van der Waals surface area (Å²) in [5, 5.41) is 0. The number of hydrogen-bond donors (Lipinski definition) is 1. The first kappa shape index (κ1) is 12.0. The average molecular weight is 170 g/mol. The van der Waals surface area contributed by atoms with E-state index in [1.807, 2.05) is 0 Å². The summed E-state index contributed by atoms with van der Waals surface area (Å²) in [4.78, 5) is 0. The third-order valence-corrected chi connectivity index (χ3v) is 2.20. The van der Waals surface area contributed by atoms with E-state index < -0.39 is 0 Å². The van der Waals surface area contributed by atoms with Crippen molar-refractivity contribution in [3.8, 4) is 0 Å². The Labute approximate surface area is 77.7 Å². The molecule has 12 heavy (non-hydrogen) atoms. The molecule has 0 heterocycles. The third kappa shape index (κ3) is 8.06. The number of nitrogens with two attached hydrogens (primary N) is 1. The molecule has 0 aliphatic heterocycles. The predicted molar refractivity (Wildman–Crippen MR) is 55.7 cm³/mol.